The lowest BCUT2D eigenvalue weighted by Gasteiger charge is -2.19. The third kappa shape index (κ3) is 8.62. The molecule has 0 spiro atoms. The molecule has 166 valence electrons. The maximum absolute atomic E-state index is 11.1. The lowest BCUT2D eigenvalue weighted by molar-refractivity contribution is -0.114. The zero-order valence-electron chi connectivity index (χ0n) is 17.8. The number of benzene rings is 1. The molecule has 0 aliphatic carbocycles. The molecule has 1 unspecified atom stereocenters. The standard InChI is InChI=1S/C21H30N4O4.HI/c1-5-22-20(24-14-21(4,27)19-10-9-15(2)29-19)23-11-12-28-18-8-6-7-17(13-18)25-16(3)26;/h6-10,13,27H,5,11-12,14H2,1-4H3,(H,25,26)(H2,22,23,24);1H. The summed E-state index contributed by atoms with van der Waals surface area (Å²) < 4.78 is 11.2. The number of aliphatic imine (C=N–C) groups is 1. The maximum Gasteiger partial charge on any atom is 0.221 e. The van der Waals surface area contributed by atoms with Crippen LogP contribution in [0.25, 0.3) is 0 Å². The smallest absolute Gasteiger partial charge is 0.221 e. The van der Waals surface area contributed by atoms with Crippen LogP contribution in [0.15, 0.2) is 45.8 Å². The van der Waals surface area contributed by atoms with Gasteiger partial charge in [0.15, 0.2) is 5.96 Å². The van der Waals surface area contributed by atoms with Gasteiger partial charge < -0.3 is 30.2 Å². The van der Waals surface area contributed by atoms with Crippen LogP contribution in [0.3, 0.4) is 0 Å². The van der Waals surface area contributed by atoms with E-state index in [1.54, 1.807) is 25.1 Å². The minimum atomic E-state index is -1.20. The molecule has 0 saturated heterocycles. The van der Waals surface area contributed by atoms with Gasteiger partial charge in [-0.2, -0.15) is 0 Å². The zero-order chi connectivity index (χ0) is 21.3. The van der Waals surface area contributed by atoms with Gasteiger partial charge in [0.2, 0.25) is 5.91 Å². The molecule has 1 aromatic heterocycles. The summed E-state index contributed by atoms with van der Waals surface area (Å²) in [5.41, 5.74) is -0.509. The number of hydrogen-bond acceptors (Lipinski definition) is 5. The molecule has 9 heteroatoms. The van der Waals surface area contributed by atoms with Gasteiger partial charge in [-0.1, -0.05) is 6.07 Å². The van der Waals surface area contributed by atoms with Crippen molar-refractivity contribution < 1.29 is 19.1 Å². The second kappa shape index (κ2) is 12.4. The highest BCUT2D eigenvalue weighted by Crippen LogP contribution is 2.23. The molecule has 4 N–H and O–H groups in total. The Bertz CT molecular complexity index is 836. The van der Waals surface area contributed by atoms with Crippen molar-refractivity contribution in [3.05, 3.63) is 47.9 Å². The van der Waals surface area contributed by atoms with E-state index in [4.69, 9.17) is 9.15 Å². The summed E-state index contributed by atoms with van der Waals surface area (Å²) in [4.78, 5) is 15.6. The van der Waals surface area contributed by atoms with Crippen molar-refractivity contribution in [1.82, 2.24) is 10.6 Å². The van der Waals surface area contributed by atoms with Crippen LogP contribution in [0.5, 0.6) is 5.75 Å². The number of furan rings is 1. The molecule has 1 amide bonds. The zero-order valence-corrected chi connectivity index (χ0v) is 20.2. The number of guanidine groups is 1. The molecule has 0 radical (unpaired) electrons. The number of nitrogens with one attached hydrogen (secondary N) is 3. The maximum atomic E-state index is 11.1. The molecule has 30 heavy (non-hydrogen) atoms. The Kier molecular flexibility index (Phi) is 10.7. The lowest BCUT2D eigenvalue weighted by Crippen LogP contribution is -2.40. The number of aryl methyl sites for hydroxylation is 1. The first-order valence-corrected chi connectivity index (χ1v) is 9.62. The normalized spacial score (nSPS) is 13.0. The largest absolute Gasteiger partial charge is 0.492 e. The number of rotatable bonds is 9. The molecule has 0 saturated carbocycles. The molecular formula is C21H31IN4O4. The van der Waals surface area contributed by atoms with Gasteiger partial charge in [0.05, 0.1) is 13.1 Å². The van der Waals surface area contributed by atoms with Crippen molar-refractivity contribution >= 4 is 41.5 Å². The predicted molar refractivity (Wildman–Crippen MR) is 129 cm³/mol. The van der Waals surface area contributed by atoms with Crippen LogP contribution in [0.4, 0.5) is 5.69 Å². The van der Waals surface area contributed by atoms with Gasteiger partial charge in [-0.05, 0) is 45.0 Å². The number of ether oxygens (including phenoxy) is 1. The second-order valence-electron chi connectivity index (χ2n) is 6.86. The lowest BCUT2D eigenvalue weighted by atomic mass is 10.0. The molecule has 0 fully saturated rings. The highest BCUT2D eigenvalue weighted by atomic mass is 127. The van der Waals surface area contributed by atoms with Crippen LogP contribution in [0, 0.1) is 6.92 Å². The van der Waals surface area contributed by atoms with Crippen molar-refractivity contribution in [3.63, 3.8) is 0 Å². The molecule has 1 aromatic carbocycles. The SMILES string of the molecule is CCNC(=NCC(C)(O)c1ccc(C)o1)NCCOc1cccc(NC(C)=O)c1.I. The Balaban J connectivity index is 0.00000450. The highest BCUT2D eigenvalue weighted by molar-refractivity contribution is 14.0. The van der Waals surface area contributed by atoms with E-state index < -0.39 is 5.60 Å². The van der Waals surface area contributed by atoms with E-state index in [-0.39, 0.29) is 36.4 Å². The Labute approximate surface area is 194 Å². The first kappa shape index (κ1) is 25.8. The number of carbonyl (C=O) groups excluding carboxylic acids is 1. The van der Waals surface area contributed by atoms with Gasteiger partial charge in [0.1, 0.15) is 29.5 Å². The van der Waals surface area contributed by atoms with Crippen molar-refractivity contribution in [3.8, 4) is 5.75 Å². The van der Waals surface area contributed by atoms with Crippen LogP contribution in [0.2, 0.25) is 0 Å². The fourth-order valence-corrected chi connectivity index (χ4v) is 2.58. The van der Waals surface area contributed by atoms with Gasteiger partial charge in [-0.25, -0.2) is 4.99 Å². The predicted octanol–water partition coefficient (Wildman–Crippen LogP) is 3.01. The van der Waals surface area contributed by atoms with Crippen molar-refractivity contribution in [2.75, 3.05) is 31.6 Å². The third-order valence-corrected chi connectivity index (χ3v) is 3.98. The molecule has 0 bridgehead atoms. The average molecular weight is 530 g/mol. The van der Waals surface area contributed by atoms with Gasteiger partial charge in [-0.3, -0.25) is 4.79 Å². The second-order valence-corrected chi connectivity index (χ2v) is 6.86. The van der Waals surface area contributed by atoms with E-state index in [9.17, 15) is 9.90 Å². The number of anilines is 1. The molecule has 0 aliphatic heterocycles. The van der Waals surface area contributed by atoms with Crippen molar-refractivity contribution in [1.29, 1.82) is 0 Å². The van der Waals surface area contributed by atoms with Crippen LogP contribution in [0.1, 0.15) is 32.3 Å². The van der Waals surface area contributed by atoms with E-state index in [0.29, 0.717) is 42.9 Å². The Morgan fingerprint density at radius 2 is 2.03 bits per heavy atom. The molecule has 2 aromatic rings. The minimum absolute atomic E-state index is 0. The number of hydrogen-bond donors (Lipinski definition) is 4. The Hall–Kier alpha value is -2.27. The molecule has 1 heterocycles. The first-order valence-electron chi connectivity index (χ1n) is 9.62. The summed E-state index contributed by atoms with van der Waals surface area (Å²) in [6.45, 7) is 8.69. The van der Waals surface area contributed by atoms with Gasteiger partial charge in [0.25, 0.3) is 0 Å². The van der Waals surface area contributed by atoms with Crippen molar-refractivity contribution in [2.45, 2.75) is 33.3 Å². The fraction of sp³-hybridized carbons (Fsp3) is 0.429. The average Bonchev–Trinajstić information content (AvgIpc) is 3.10. The van der Waals surface area contributed by atoms with Crippen LogP contribution >= 0.6 is 24.0 Å². The van der Waals surface area contributed by atoms with Crippen LogP contribution in [-0.4, -0.2) is 43.2 Å². The van der Waals surface area contributed by atoms with E-state index in [1.807, 2.05) is 32.0 Å². The van der Waals surface area contributed by atoms with Crippen LogP contribution < -0.4 is 20.7 Å². The molecular weight excluding hydrogens is 499 g/mol. The summed E-state index contributed by atoms with van der Waals surface area (Å²) >= 11 is 0. The number of carbonyl (C=O) groups is 1. The number of aliphatic hydroxyl groups is 1. The molecule has 2 rings (SSSR count). The monoisotopic (exact) mass is 530 g/mol. The number of nitrogens with zero attached hydrogens (tertiary/aromatic N) is 1. The molecule has 8 nitrogen and oxygen atoms in total. The number of halogens is 1. The van der Waals surface area contributed by atoms with E-state index in [0.717, 1.165) is 5.76 Å². The summed E-state index contributed by atoms with van der Waals surface area (Å²) in [6.07, 6.45) is 0. The van der Waals surface area contributed by atoms with Gasteiger partial charge >= 0.3 is 0 Å². The summed E-state index contributed by atoms with van der Waals surface area (Å²) in [5, 5.41) is 19.6. The van der Waals surface area contributed by atoms with Crippen molar-refractivity contribution in [2.24, 2.45) is 4.99 Å². The van der Waals surface area contributed by atoms with Gasteiger partial charge in [0, 0.05) is 25.2 Å². The Morgan fingerprint density at radius 1 is 1.27 bits per heavy atom. The fourth-order valence-electron chi connectivity index (χ4n) is 2.58. The summed E-state index contributed by atoms with van der Waals surface area (Å²) in [5.74, 6) is 2.34. The molecule has 1 atom stereocenters. The van der Waals surface area contributed by atoms with E-state index in [1.165, 1.54) is 6.92 Å². The highest BCUT2D eigenvalue weighted by Gasteiger charge is 2.26. The number of amides is 1. The summed E-state index contributed by atoms with van der Waals surface area (Å²) in [6, 6.07) is 10.8. The Morgan fingerprint density at radius 3 is 2.67 bits per heavy atom. The summed E-state index contributed by atoms with van der Waals surface area (Å²) in [7, 11) is 0. The third-order valence-electron chi connectivity index (χ3n) is 3.98. The van der Waals surface area contributed by atoms with Gasteiger partial charge in [-0.15, -0.1) is 24.0 Å². The quantitative estimate of drug-likeness (QED) is 0.172. The van der Waals surface area contributed by atoms with E-state index in [2.05, 4.69) is 20.9 Å². The topological polar surface area (TPSA) is 108 Å². The van der Waals surface area contributed by atoms with E-state index >= 15 is 0 Å². The minimum Gasteiger partial charge on any atom is -0.492 e. The molecule has 0 aliphatic rings. The van der Waals surface area contributed by atoms with Crippen LogP contribution in [-0.2, 0) is 10.4 Å². The first-order chi connectivity index (χ1) is 13.8.